The molecule has 0 unspecified atom stereocenters. The highest BCUT2D eigenvalue weighted by atomic mass is 35.5. The van der Waals surface area contributed by atoms with Crippen LogP contribution in [0.2, 0.25) is 5.02 Å². The maximum absolute atomic E-state index is 13.1. The van der Waals surface area contributed by atoms with Crippen molar-refractivity contribution >= 4 is 40.8 Å². The van der Waals surface area contributed by atoms with E-state index in [-0.39, 0.29) is 17.6 Å². The summed E-state index contributed by atoms with van der Waals surface area (Å²) >= 11 is 6.20. The van der Waals surface area contributed by atoms with Gasteiger partial charge in [-0.15, -0.1) is 0 Å². The lowest BCUT2D eigenvalue weighted by Gasteiger charge is -2.27. The third-order valence-electron chi connectivity index (χ3n) is 4.79. The van der Waals surface area contributed by atoms with Gasteiger partial charge in [0, 0.05) is 29.5 Å². The highest BCUT2D eigenvalue weighted by Crippen LogP contribution is 2.31. The van der Waals surface area contributed by atoms with Gasteiger partial charge in [-0.2, -0.15) is 28.1 Å². The molecule has 11 heteroatoms. The van der Waals surface area contributed by atoms with Crippen LogP contribution in [0.1, 0.15) is 11.1 Å². The van der Waals surface area contributed by atoms with E-state index in [2.05, 4.69) is 25.6 Å². The van der Waals surface area contributed by atoms with Crippen LogP contribution in [0.4, 0.5) is 42.4 Å². The zero-order chi connectivity index (χ0) is 22.7. The molecule has 2 N–H and O–H groups in total. The summed E-state index contributed by atoms with van der Waals surface area (Å²) in [5.74, 6) is 0.732. The van der Waals surface area contributed by atoms with Crippen LogP contribution in [-0.2, 0) is 10.9 Å². The number of anilines is 5. The van der Waals surface area contributed by atoms with Crippen molar-refractivity contribution in [3.05, 3.63) is 58.6 Å². The molecule has 0 spiro atoms. The minimum Gasteiger partial charge on any atom is -0.378 e. The number of hydrogen-bond acceptors (Lipinski definition) is 7. The molecule has 1 aliphatic rings. The number of halogens is 4. The molecular formula is C21H20ClF3N6O. The Balaban J connectivity index is 1.66. The molecule has 0 amide bonds. The molecule has 1 aliphatic heterocycles. The molecule has 3 aromatic rings. The molecule has 2 heterocycles. The van der Waals surface area contributed by atoms with Crippen molar-refractivity contribution in [3.8, 4) is 0 Å². The van der Waals surface area contributed by atoms with Gasteiger partial charge in [0.25, 0.3) is 0 Å². The van der Waals surface area contributed by atoms with E-state index >= 15 is 0 Å². The van der Waals surface area contributed by atoms with Gasteiger partial charge in [0.15, 0.2) is 0 Å². The summed E-state index contributed by atoms with van der Waals surface area (Å²) in [5.41, 5.74) is 1.04. The lowest BCUT2D eigenvalue weighted by Crippen LogP contribution is -2.37. The number of aromatic nitrogens is 3. The highest BCUT2D eigenvalue weighted by Gasteiger charge is 2.30. The fourth-order valence-electron chi connectivity index (χ4n) is 3.08. The smallest absolute Gasteiger partial charge is 0.378 e. The number of benzene rings is 2. The van der Waals surface area contributed by atoms with Crippen molar-refractivity contribution in [2.45, 2.75) is 13.1 Å². The van der Waals surface area contributed by atoms with Gasteiger partial charge in [0.2, 0.25) is 17.8 Å². The topological polar surface area (TPSA) is 75.2 Å². The molecule has 32 heavy (non-hydrogen) atoms. The molecule has 7 nitrogen and oxygen atoms in total. The van der Waals surface area contributed by atoms with E-state index in [1.807, 2.05) is 24.0 Å². The second-order valence-electron chi connectivity index (χ2n) is 7.17. The van der Waals surface area contributed by atoms with Gasteiger partial charge in [-0.3, -0.25) is 0 Å². The summed E-state index contributed by atoms with van der Waals surface area (Å²) in [7, 11) is 0. The third kappa shape index (κ3) is 5.38. The third-order valence-corrected chi connectivity index (χ3v) is 5.20. The minimum absolute atomic E-state index is 0.113. The van der Waals surface area contributed by atoms with Crippen LogP contribution in [0.5, 0.6) is 0 Å². The van der Waals surface area contributed by atoms with E-state index in [9.17, 15) is 13.2 Å². The molecular weight excluding hydrogens is 445 g/mol. The Hall–Kier alpha value is -3.11. The van der Waals surface area contributed by atoms with Gasteiger partial charge in [-0.05, 0) is 42.8 Å². The molecule has 1 aromatic heterocycles. The number of hydrogen-bond donors (Lipinski definition) is 2. The quantitative estimate of drug-likeness (QED) is 0.539. The monoisotopic (exact) mass is 464 g/mol. The van der Waals surface area contributed by atoms with Crippen LogP contribution < -0.4 is 15.5 Å². The van der Waals surface area contributed by atoms with Crippen LogP contribution in [0.15, 0.2) is 42.5 Å². The standard InChI is InChI=1S/C21H20ClF3N6O/c1-13-5-6-16(12-17(13)22)27-19-28-18(29-20(30-19)31-7-9-32-10-8-31)26-15-4-2-3-14(11-15)21(23,24)25/h2-6,11-12H,7-10H2,1H3,(H2,26,27,28,29,30). The Morgan fingerprint density at radius 1 is 0.938 bits per heavy atom. The summed E-state index contributed by atoms with van der Waals surface area (Å²) in [6.07, 6.45) is -4.45. The average molecular weight is 465 g/mol. The zero-order valence-electron chi connectivity index (χ0n) is 17.1. The Labute approximate surface area is 187 Å². The lowest BCUT2D eigenvalue weighted by molar-refractivity contribution is -0.137. The molecule has 168 valence electrons. The predicted octanol–water partition coefficient (Wildman–Crippen LogP) is 5.18. The number of ether oxygens (including phenoxy) is 1. The Kier molecular flexibility index (Phi) is 6.33. The van der Waals surface area contributed by atoms with Crippen molar-refractivity contribution in [2.75, 3.05) is 41.8 Å². The molecule has 0 aliphatic carbocycles. The van der Waals surface area contributed by atoms with E-state index in [1.165, 1.54) is 12.1 Å². The summed E-state index contributed by atoms with van der Waals surface area (Å²) in [6, 6.07) is 10.3. The molecule has 2 aromatic carbocycles. The van der Waals surface area contributed by atoms with Crippen LogP contribution >= 0.6 is 11.6 Å². The predicted molar refractivity (Wildman–Crippen MR) is 117 cm³/mol. The van der Waals surface area contributed by atoms with E-state index in [0.29, 0.717) is 43.0 Å². The number of alkyl halides is 3. The molecule has 1 fully saturated rings. The zero-order valence-corrected chi connectivity index (χ0v) is 17.8. The number of rotatable bonds is 5. The first-order valence-electron chi connectivity index (χ1n) is 9.84. The number of aryl methyl sites for hydroxylation is 1. The number of nitrogens with one attached hydrogen (secondary N) is 2. The van der Waals surface area contributed by atoms with Gasteiger partial charge in [0.05, 0.1) is 18.8 Å². The SMILES string of the molecule is Cc1ccc(Nc2nc(Nc3cccc(C(F)(F)F)c3)nc(N3CCOCC3)n2)cc1Cl. The minimum atomic E-state index is -4.45. The summed E-state index contributed by atoms with van der Waals surface area (Å²) in [4.78, 5) is 15.1. The first kappa shape index (κ1) is 22.1. The molecule has 4 rings (SSSR count). The maximum Gasteiger partial charge on any atom is 0.416 e. The Morgan fingerprint density at radius 2 is 1.59 bits per heavy atom. The second kappa shape index (κ2) is 9.17. The van der Waals surface area contributed by atoms with Crippen LogP contribution in [0.3, 0.4) is 0 Å². The van der Waals surface area contributed by atoms with E-state index in [0.717, 1.165) is 17.7 Å². The van der Waals surface area contributed by atoms with Gasteiger partial charge in [0.1, 0.15) is 0 Å². The summed E-state index contributed by atoms with van der Waals surface area (Å²) in [5, 5.41) is 6.53. The fourth-order valence-corrected chi connectivity index (χ4v) is 3.26. The largest absolute Gasteiger partial charge is 0.416 e. The van der Waals surface area contributed by atoms with Crippen molar-refractivity contribution in [2.24, 2.45) is 0 Å². The lowest BCUT2D eigenvalue weighted by atomic mass is 10.2. The summed E-state index contributed by atoms with van der Waals surface area (Å²) in [6.45, 7) is 4.12. The van der Waals surface area contributed by atoms with E-state index < -0.39 is 11.7 Å². The van der Waals surface area contributed by atoms with Crippen molar-refractivity contribution in [1.29, 1.82) is 0 Å². The van der Waals surface area contributed by atoms with Crippen LogP contribution in [0.25, 0.3) is 0 Å². The molecule has 0 saturated carbocycles. The van der Waals surface area contributed by atoms with Crippen molar-refractivity contribution in [1.82, 2.24) is 15.0 Å². The second-order valence-corrected chi connectivity index (χ2v) is 7.58. The normalized spacial score (nSPS) is 14.3. The van der Waals surface area contributed by atoms with Gasteiger partial charge in [-0.1, -0.05) is 23.7 Å². The van der Waals surface area contributed by atoms with E-state index in [1.54, 1.807) is 6.07 Å². The Bertz CT molecular complexity index is 1110. The Morgan fingerprint density at radius 3 is 2.22 bits per heavy atom. The fraction of sp³-hybridized carbons (Fsp3) is 0.286. The molecule has 0 atom stereocenters. The number of nitrogens with zero attached hydrogens (tertiary/aromatic N) is 4. The van der Waals surface area contributed by atoms with Crippen molar-refractivity contribution in [3.63, 3.8) is 0 Å². The van der Waals surface area contributed by atoms with Gasteiger partial charge >= 0.3 is 6.18 Å². The van der Waals surface area contributed by atoms with Gasteiger partial charge < -0.3 is 20.3 Å². The van der Waals surface area contributed by atoms with Crippen LogP contribution in [0, 0.1) is 6.92 Å². The van der Waals surface area contributed by atoms with Gasteiger partial charge in [-0.25, -0.2) is 0 Å². The summed E-state index contributed by atoms with van der Waals surface area (Å²) < 4.78 is 44.6. The maximum atomic E-state index is 13.1. The highest BCUT2D eigenvalue weighted by molar-refractivity contribution is 6.31. The number of morpholine rings is 1. The molecule has 1 saturated heterocycles. The van der Waals surface area contributed by atoms with Crippen molar-refractivity contribution < 1.29 is 17.9 Å². The van der Waals surface area contributed by atoms with Crippen LogP contribution in [-0.4, -0.2) is 41.3 Å². The molecule has 0 bridgehead atoms. The first-order chi connectivity index (χ1) is 15.3. The molecule has 0 radical (unpaired) electrons. The first-order valence-corrected chi connectivity index (χ1v) is 10.2. The average Bonchev–Trinajstić information content (AvgIpc) is 2.76. The van der Waals surface area contributed by atoms with E-state index in [4.69, 9.17) is 16.3 Å².